The molecule has 1 aromatic carbocycles. The van der Waals surface area contributed by atoms with E-state index in [2.05, 4.69) is 45.0 Å². The molecule has 0 saturated heterocycles. The summed E-state index contributed by atoms with van der Waals surface area (Å²) >= 11 is 0. The van der Waals surface area contributed by atoms with Crippen molar-refractivity contribution in [1.82, 2.24) is 4.90 Å². The van der Waals surface area contributed by atoms with Gasteiger partial charge in [-0.2, -0.15) is 0 Å². The Labute approximate surface area is 217 Å². The molecule has 4 aliphatic carbocycles. The predicted molar refractivity (Wildman–Crippen MR) is 142 cm³/mol. The number of aliphatic hydroxyl groups excluding tert-OH is 2. The van der Waals surface area contributed by atoms with E-state index >= 15 is 0 Å². The zero-order chi connectivity index (χ0) is 25.2. The summed E-state index contributed by atoms with van der Waals surface area (Å²) in [5.41, 5.74) is 3.17. The highest BCUT2D eigenvalue weighted by molar-refractivity contribution is 5.77. The van der Waals surface area contributed by atoms with Crippen molar-refractivity contribution < 1.29 is 15.0 Å². The van der Waals surface area contributed by atoms with Gasteiger partial charge in [-0.1, -0.05) is 45.0 Å². The molecule has 6 rings (SSSR count). The quantitative estimate of drug-likeness (QED) is 0.546. The van der Waals surface area contributed by atoms with Gasteiger partial charge in [-0.3, -0.25) is 4.79 Å². The normalized spacial score (nSPS) is 44.4. The van der Waals surface area contributed by atoms with Gasteiger partial charge < -0.3 is 15.1 Å². The van der Waals surface area contributed by atoms with E-state index in [0.29, 0.717) is 47.8 Å². The summed E-state index contributed by atoms with van der Waals surface area (Å²) in [5.74, 6) is 3.60. The van der Waals surface area contributed by atoms with Gasteiger partial charge in [0, 0.05) is 19.5 Å². The van der Waals surface area contributed by atoms with Gasteiger partial charge in [0.15, 0.2) is 0 Å². The lowest BCUT2D eigenvalue weighted by Gasteiger charge is -2.62. The molecule has 0 aromatic heterocycles. The fraction of sp³-hybridized carbons (Fsp3) is 0.781. The third-order valence-corrected chi connectivity index (χ3v) is 12.4. The highest BCUT2D eigenvalue weighted by Crippen LogP contribution is 2.68. The van der Waals surface area contributed by atoms with Crippen LogP contribution in [0.25, 0.3) is 0 Å². The lowest BCUT2D eigenvalue weighted by atomic mass is 9.43. The van der Waals surface area contributed by atoms with Gasteiger partial charge in [0.25, 0.3) is 0 Å². The Balaban J connectivity index is 1.11. The van der Waals surface area contributed by atoms with E-state index in [-0.39, 0.29) is 23.0 Å². The Hall–Kier alpha value is -1.39. The van der Waals surface area contributed by atoms with Crippen LogP contribution in [0.5, 0.6) is 0 Å². The van der Waals surface area contributed by atoms with Crippen molar-refractivity contribution in [3.63, 3.8) is 0 Å². The number of aliphatic hydroxyl groups is 2. The van der Waals surface area contributed by atoms with Crippen LogP contribution >= 0.6 is 0 Å². The number of fused-ring (bicyclic) bond motifs is 6. The van der Waals surface area contributed by atoms with E-state index in [1.165, 1.54) is 36.8 Å². The van der Waals surface area contributed by atoms with Crippen LogP contribution < -0.4 is 0 Å². The molecular formula is C32H47NO3. The molecule has 1 amide bonds. The average Bonchev–Trinajstić information content (AvgIpc) is 3.44. The van der Waals surface area contributed by atoms with E-state index in [1.807, 2.05) is 4.90 Å². The summed E-state index contributed by atoms with van der Waals surface area (Å²) < 4.78 is 0. The van der Waals surface area contributed by atoms with E-state index < -0.39 is 0 Å². The maximum absolute atomic E-state index is 13.1. The zero-order valence-corrected chi connectivity index (χ0v) is 22.7. The molecule has 0 radical (unpaired) electrons. The summed E-state index contributed by atoms with van der Waals surface area (Å²) in [6.45, 7) is 8.96. The van der Waals surface area contributed by atoms with Crippen molar-refractivity contribution in [2.75, 3.05) is 0 Å². The molecule has 36 heavy (non-hydrogen) atoms. The van der Waals surface area contributed by atoms with E-state index in [1.54, 1.807) is 0 Å². The molecule has 4 saturated carbocycles. The molecule has 1 aliphatic heterocycles. The number of carbonyl (C=O) groups is 1. The van der Waals surface area contributed by atoms with Gasteiger partial charge in [0.2, 0.25) is 5.91 Å². The highest BCUT2D eigenvalue weighted by Gasteiger charge is 2.62. The molecule has 198 valence electrons. The lowest BCUT2D eigenvalue weighted by molar-refractivity contribution is -0.174. The maximum atomic E-state index is 13.1. The number of hydrogen-bond acceptors (Lipinski definition) is 3. The second kappa shape index (κ2) is 9.12. The Morgan fingerprint density at radius 3 is 2.36 bits per heavy atom. The third-order valence-electron chi connectivity index (χ3n) is 12.4. The lowest BCUT2D eigenvalue weighted by Crippen LogP contribution is -2.58. The van der Waals surface area contributed by atoms with Crippen LogP contribution in [0.3, 0.4) is 0 Å². The molecule has 1 heterocycles. The van der Waals surface area contributed by atoms with Crippen molar-refractivity contribution in [1.29, 1.82) is 0 Å². The summed E-state index contributed by atoms with van der Waals surface area (Å²) in [5, 5.41) is 21.8. The number of carbonyl (C=O) groups excluding carboxylic acids is 1. The van der Waals surface area contributed by atoms with Crippen LogP contribution in [-0.4, -0.2) is 33.2 Å². The van der Waals surface area contributed by atoms with Gasteiger partial charge in [-0.25, -0.2) is 0 Å². The minimum atomic E-state index is -0.213. The van der Waals surface area contributed by atoms with Crippen molar-refractivity contribution in [3.8, 4) is 0 Å². The minimum Gasteiger partial charge on any atom is -0.393 e. The molecule has 4 fully saturated rings. The summed E-state index contributed by atoms with van der Waals surface area (Å²) in [7, 11) is 0. The fourth-order valence-electron chi connectivity index (χ4n) is 10.4. The Morgan fingerprint density at radius 2 is 1.64 bits per heavy atom. The van der Waals surface area contributed by atoms with Gasteiger partial charge in [-0.15, -0.1) is 0 Å². The standard InChI is InChI=1S/C32H47NO3/c1-20(8-11-29(36)33-18-21-6-4-5-7-22(21)19-33)25-9-10-26-30-27(13-15-32(25,26)3)31(2)14-12-24(34)16-23(31)17-28(30)35/h4-7,20,23-28,30,34-35H,8-19H2,1-3H3/t20-,23+,24-,25-,26+,27+,28+,30+,31+,32-/m1/s1. The first-order valence-corrected chi connectivity index (χ1v) is 14.9. The molecule has 1 aromatic rings. The molecule has 0 spiro atoms. The SMILES string of the molecule is C[C@H](CCC(=O)N1Cc2ccccc2C1)[C@H]1CC[C@H]2[C@@H]3[C@@H](O)C[C@@H]4C[C@H](O)CC[C@]4(C)[C@H]3CC[C@]12C. The van der Waals surface area contributed by atoms with Crippen molar-refractivity contribution >= 4 is 5.91 Å². The van der Waals surface area contributed by atoms with Crippen LogP contribution in [0.1, 0.15) is 96.1 Å². The second-order valence-corrected chi connectivity index (χ2v) is 14.0. The van der Waals surface area contributed by atoms with Crippen LogP contribution in [-0.2, 0) is 17.9 Å². The van der Waals surface area contributed by atoms with Gasteiger partial charge in [0.05, 0.1) is 12.2 Å². The molecule has 2 N–H and O–H groups in total. The summed E-state index contributed by atoms with van der Waals surface area (Å²) in [6, 6.07) is 8.45. The number of nitrogens with zero attached hydrogens (tertiary/aromatic N) is 1. The van der Waals surface area contributed by atoms with Gasteiger partial charge >= 0.3 is 0 Å². The third kappa shape index (κ3) is 3.88. The Morgan fingerprint density at radius 1 is 0.972 bits per heavy atom. The predicted octanol–water partition coefficient (Wildman–Crippen LogP) is 5.94. The number of benzene rings is 1. The Bertz CT molecular complexity index is 968. The number of hydrogen-bond donors (Lipinski definition) is 2. The smallest absolute Gasteiger partial charge is 0.223 e. The van der Waals surface area contributed by atoms with Crippen molar-refractivity contribution in [3.05, 3.63) is 35.4 Å². The zero-order valence-electron chi connectivity index (χ0n) is 22.7. The molecule has 5 aliphatic rings. The van der Waals surface area contributed by atoms with E-state index in [0.717, 1.165) is 45.2 Å². The first-order chi connectivity index (χ1) is 17.2. The summed E-state index contributed by atoms with van der Waals surface area (Å²) in [4.78, 5) is 15.1. The van der Waals surface area contributed by atoms with Crippen LogP contribution in [0.4, 0.5) is 0 Å². The monoisotopic (exact) mass is 493 g/mol. The van der Waals surface area contributed by atoms with Crippen LogP contribution in [0, 0.1) is 46.3 Å². The minimum absolute atomic E-state index is 0.171. The molecule has 4 nitrogen and oxygen atoms in total. The number of rotatable bonds is 4. The van der Waals surface area contributed by atoms with E-state index in [9.17, 15) is 15.0 Å². The summed E-state index contributed by atoms with van der Waals surface area (Å²) in [6.07, 6.45) is 10.1. The highest BCUT2D eigenvalue weighted by atomic mass is 16.3. The molecule has 4 heteroatoms. The molecule has 0 bridgehead atoms. The van der Waals surface area contributed by atoms with Gasteiger partial charge in [0.1, 0.15) is 0 Å². The van der Waals surface area contributed by atoms with Crippen molar-refractivity contribution in [2.45, 2.75) is 110 Å². The van der Waals surface area contributed by atoms with Gasteiger partial charge in [-0.05, 0) is 115 Å². The molecule has 10 atom stereocenters. The largest absolute Gasteiger partial charge is 0.393 e. The van der Waals surface area contributed by atoms with Crippen LogP contribution in [0.15, 0.2) is 24.3 Å². The Kier molecular flexibility index (Phi) is 6.31. The van der Waals surface area contributed by atoms with Crippen LogP contribution in [0.2, 0.25) is 0 Å². The average molecular weight is 494 g/mol. The van der Waals surface area contributed by atoms with Crippen molar-refractivity contribution in [2.24, 2.45) is 46.3 Å². The maximum Gasteiger partial charge on any atom is 0.223 e. The van der Waals surface area contributed by atoms with E-state index in [4.69, 9.17) is 0 Å². The fourth-order valence-corrected chi connectivity index (χ4v) is 10.4. The molecular weight excluding hydrogens is 446 g/mol. The molecule has 0 unspecified atom stereocenters. The topological polar surface area (TPSA) is 60.8 Å². The first kappa shape index (κ1) is 24.9. The second-order valence-electron chi connectivity index (χ2n) is 14.0. The number of amides is 1. The first-order valence-electron chi connectivity index (χ1n) is 14.9.